The molecule has 1 aromatic carbocycles. The zero-order valence-electron chi connectivity index (χ0n) is 10.1. The molecule has 5 nitrogen and oxygen atoms in total. The number of sulfone groups is 1. The molecule has 0 unspecified atom stereocenters. The number of hydrogen-bond acceptors (Lipinski definition) is 4. The Balaban J connectivity index is 2.97. The van der Waals surface area contributed by atoms with Crippen molar-refractivity contribution in [2.45, 2.75) is 24.8 Å². The molecule has 7 heteroatoms. The summed E-state index contributed by atoms with van der Waals surface area (Å²) < 4.78 is 23.9. The summed E-state index contributed by atoms with van der Waals surface area (Å²) in [5, 5.41) is 2.53. The molecule has 3 N–H and O–H groups in total. The van der Waals surface area contributed by atoms with Gasteiger partial charge in [-0.3, -0.25) is 4.79 Å². The SMILES string of the molecule is CC(C)NC(=O)CS(=O)(=O)c1ccc(N)cc1Cl. The molecule has 18 heavy (non-hydrogen) atoms. The van der Waals surface area contributed by atoms with E-state index in [9.17, 15) is 13.2 Å². The van der Waals surface area contributed by atoms with E-state index in [1.165, 1.54) is 18.2 Å². The fourth-order valence-corrected chi connectivity index (χ4v) is 3.14. The van der Waals surface area contributed by atoms with Crippen LogP contribution in [0.4, 0.5) is 5.69 Å². The first-order chi connectivity index (χ1) is 8.22. The third kappa shape index (κ3) is 3.89. The molecule has 0 fully saturated rings. The normalized spacial score (nSPS) is 11.6. The summed E-state index contributed by atoms with van der Waals surface area (Å²) in [6.45, 7) is 3.50. The first-order valence-electron chi connectivity index (χ1n) is 5.29. The molecular weight excluding hydrogens is 276 g/mol. The maximum Gasteiger partial charge on any atom is 0.235 e. The van der Waals surface area contributed by atoms with Crippen LogP contribution in [0.2, 0.25) is 5.02 Å². The standard InChI is InChI=1S/C11H15ClN2O3S/c1-7(2)14-11(15)6-18(16,17)10-4-3-8(13)5-9(10)12/h3-5,7H,6,13H2,1-2H3,(H,14,15). The third-order valence-electron chi connectivity index (χ3n) is 2.06. The second-order valence-electron chi connectivity index (χ2n) is 4.17. The average molecular weight is 291 g/mol. The lowest BCUT2D eigenvalue weighted by Crippen LogP contribution is -2.35. The molecule has 0 radical (unpaired) electrons. The van der Waals surface area contributed by atoms with E-state index in [0.717, 1.165) is 0 Å². The molecule has 0 heterocycles. The van der Waals surface area contributed by atoms with Gasteiger partial charge in [0.2, 0.25) is 5.91 Å². The highest BCUT2D eigenvalue weighted by Crippen LogP contribution is 2.24. The number of hydrogen-bond donors (Lipinski definition) is 2. The number of nitrogen functional groups attached to an aromatic ring is 1. The number of benzene rings is 1. The first kappa shape index (κ1) is 14.8. The Morgan fingerprint density at radius 3 is 2.56 bits per heavy atom. The Hall–Kier alpha value is -1.27. The molecule has 0 bridgehead atoms. The smallest absolute Gasteiger partial charge is 0.235 e. The van der Waals surface area contributed by atoms with E-state index >= 15 is 0 Å². The predicted octanol–water partition coefficient (Wildman–Crippen LogP) is 1.22. The number of halogens is 1. The molecule has 0 atom stereocenters. The van der Waals surface area contributed by atoms with Gasteiger partial charge in [0.05, 0.1) is 9.92 Å². The van der Waals surface area contributed by atoms with E-state index in [-0.39, 0.29) is 16.0 Å². The summed E-state index contributed by atoms with van der Waals surface area (Å²) in [6.07, 6.45) is 0. The molecule has 0 aliphatic heterocycles. The third-order valence-corrected chi connectivity index (χ3v) is 4.15. The van der Waals surface area contributed by atoms with Gasteiger partial charge in [-0.15, -0.1) is 0 Å². The van der Waals surface area contributed by atoms with E-state index in [1.54, 1.807) is 13.8 Å². The summed E-state index contributed by atoms with van der Waals surface area (Å²) in [5.41, 5.74) is 5.85. The van der Waals surface area contributed by atoms with Crippen molar-refractivity contribution in [2.24, 2.45) is 0 Å². The van der Waals surface area contributed by atoms with Gasteiger partial charge in [-0.1, -0.05) is 11.6 Å². The minimum atomic E-state index is -3.75. The minimum absolute atomic E-state index is 0.0207. The van der Waals surface area contributed by atoms with Gasteiger partial charge in [-0.2, -0.15) is 0 Å². The van der Waals surface area contributed by atoms with Gasteiger partial charge in [-0.25, -0.2) is 8.42 Å². The highest BCUT2D eigenvalue weighted by Gasteiger charge is 2.22. The molecule has 100 valence electrons. The van der Waals surface area contributed by atoms with Crippen molar-refractivity contribution in [1.29, 1.82) is 0 Å². The second-order valence-corrected chi connectivity index (χ2v) is 6.54. The van der Waals surface area contributed by atoms with Crippen molar-refractivity contribution >= 4 is 33.0 Å². The summed E-state index contributed by atoms with van der Waals surface area (Å²) in [6, 6.07) is 3.96. The van der Waals surface area contributed by atoms with Gasteiger partial charge < -0.3 is 11.1 Å². The maximum atomic E-state index is 12.0. The molecule has 1 amide bonds. The molecule has 0 saturated heterocycles. The van der Waals surface area contributed by atoms with Crippen LogP contribution in [-0.4, -0.2) is 26.1 Å². The van der Waals surface area contributed by atoms with E-state index in [2.05, 4.69) is 5.32 Å². The van der Waals surface area contributed by atoms with E-state index in [4.69, 9.17) is 17.3 Å². The Bertz CT molecular complexity index is 555. The van der Waals surface area contributed by atoms with Crippen LogP contribution in [0.15, 0.2) is 23.1 Å². The number of amides is 1. The summed E-state index contributed by atoms with van der Waals surface area (Å²) in [5.74, 6) is -1.19. The molecule has 0 saturated carbocycles. The van der Waals surface area contributed by atoms with Crippen molar-refractivity contribution < 1.29 is 13.2 Å². The van der Waals surface area contributed by atoms with Gasteiger partial charge in [0.25, 0.3) is 0 Å². The topological polar surface area (TPSA) is 89.3 Å². The molecule has 1 rings (SSSR count). The lowest BCUT2D eigenvalue weighted by molar-refractivity contribution is -0.119. The van der Waals surface area contributed by atoms with Crippen molar-refractivity contribution in [3.8, 4) is 0 Å². The van der Waals surface area contributed by atoms with Crippen molar-refractivity contribution in [3.05, 3.63) is 23.2 Å². The van der Waals surface area contributed by atoms with Gasteiger partial charge in [0, 0.05) is 11.7 Å². The van der Waals surface area contributed by atoms with Crippen molar-refractivity contribution in [3.63, 3.8) is 0 Å². The Morgan fingerprint density at radius 2 is 2.06 bits per heavy atom. The Labute approximate surface area is 111 Å². The lowest BCUT2D eigenvalue weighted by atomic mass is 10.3. The lowest BCUT2D eigenvalue weighted by Gasteiger charge is -2.10. The van der Waals surface area contributed by atoms with Gasteiger partial charge in [0.1, 0.15) is 5.75 Å². The summed E-state index contributed by atoms with van der Waals surface area (Å²) >= 11 is 5.81. The van der Waals surface area contributed by atoms with Crippen LogP contribution < -0.4 is 11.1 Å². The van der Waals surface area contributed by atoms with E-state index < -0.39 is 21.5 Å². The van der Waals surface area contributed by atoms with Crippen LogP contribution >= 0.6 is 11.6 Å². The predicted molar refractivity (Wildman–Crippen MR) is 71.2 cm³/mol. The highest BCUT2D eigenvalue weighted by molar-refractivity contribution is 7.92. The highest BCUT2D eigenvalue weighted by atomic mass is 35.5. The van der Waals surface area contributed by atoms with Crippen LogP contribution in [0.5, 0.6) is 0 Å². The summed E-state index contributed by atoms with van der Waals surface area (Å²) in [7, 11) is -3.75. The number of nitrogens with two attached hydrogens (primary N) is 1. The zero-order valence-corrected chi connectivity index (χ0v) is 11.7. The molecule has 0 spiro atoms. The van der Waals surface area contributed by atoms with Crippen molar-refractivity contribution in [2.75, 3.05) is 11.5 Å². The Morgan fingerprint density at radius 1 is 1.44 bits per heavy atom. The number of carbonyl (C=O) groups excluding carboxylic acids is 1. The number of carbonyl (C=O) groups is 1. The van der Waals surface area contributed by atoms with E-state index in [0.29, 0.717) is 5.69 Å². The van der Waals surface area contributed by atoms with Crippen LogP contribution in [0, 0.1) is 0 Å². The van der Waals surface area contributed by atoms with Crippen LogP contribution in [0.1, 0.15) is 13.8 Å². The fourth-order valence-electron chi connectivity index (χ4n) is 1.38. The molecule has 0 aliphatic carbocycles. The minimum Gasteiger partial charge on any atom is -0.399 e. The number of rotatable bonds is 4. The first-order valence-corrected chi connectivity index (χ1v) is 7.32. The number of anilines is 1. The fraction of sp³-hybridized carbons (Fsp3) is 0.364. The number of nitrogens with one attached hydrogen (secondary N) is 1. The van der Waals surface area contributed by atoms with Gasteiger partial charge in [0.15, 0.2) is 9.84 Å². The Kier molecular flexibility index (Phi) is 4.59. The average Bonchev–Trinajstić information content (AvgIpc) is 2.13. The molecule has 1 aromatic rings. The van der Waals surface area contributed by atoms with Crippen molar-refractivity contribution in [1.82, 2.24) is 5.32 Å². The maximum absolute atomic E-state index is 12.0. The quantitative estimate of drug-likeness (QED) is 0.816. The van der Waals surface area contributed by atoms with Gasteiger partial charge in [-0.05, 0) is 32.0 Å². The van der Waals surface area contributed by atoms with Crippen LogP contribution in [-0.2, 0) is 14.6 Å². The molecule has 0 aromatic heterocycles. The van der Waals surface area contributed by atoms with Gasteiger partial charge >= 0.3 is 0 Å². The largest absolute Gasteiger partial charge is 0.399 e. The van der Waals surface area contributed by atoms with Crippen LogP contribution in [0.3, 0.4) is 0 Å². The molecule has 0 aliphatic rings. The van der Waals surface area contributed by atoms with Crippen LogP contribution in [0.25, 0.3) is 0 Å². The summed E-state index contributed by atoms with van der Waals surface area (Å²) in [4.78, 5) is 11.4. The zero-order chi connectivity index (χ0) is 13.9. The molecular formula is C11H15ClN2O3S. The monoisotopic (exact) mass is 290 g/mol. The van der Waals surface area contributed by atoms with E-state index in [1.807, 2.05) is 0 Å². The second kappa shape index (κ2) is 5.58.